The average molecular weight is 472 g/mol. The summed E-state index contributed by atoms with van der Waals surface area (Å²) in [5, 5.41) is 2.82. The van der Waals surface area contributed by atoms with E-state index < -0.39 is 0 Å². The summed E-state index contributed by atoms with van der Waals surface area (Å²) >= 11 is 0. The minimum atomic E-state index is -0.264. The van der Waals surface area contributed by atoms with Crippen LogP contribution in [0.25, 0.3) is 11.9 Å². The fourth-order valence-corrected chi connectivity index (χ4v) is 3.29. The van der Waals surface area contributed by atoms with Crippen molar-refractivity contribution in [2.45, 2.75) is 13.8 Å². The van der Waals surface area contributed by atoms with E-state index in [2.05, 4.69) is 20.3 Å². The second-order valence-electron chi connectivity index (χ2n) is 7.56. The first-order valence-corrected chi connectivity index (χ1v) is 10.8. The van der Waals surface area contributed by atoms with E-state index in [1.165, 1.54) is 12.4 Å². The molecule has 1 N–H and O–H groups in total. The second-order valence-corrected chi connectivity index (χ2v) is 7.56. The van der Waals surface area contributed by atoms with Crippen LogP contribution in [-0.4, -0.2) is 39.6 Å². The molecule has 0 aliphatic rings. The number of nitrogens with one attached hydrogen (secondary N) is 1. The first-order valence-electron chi connectivity index (χ1n) is 10.8. The van der Waals surface area contributed by atoms with Crippen LogP contribution in [-0.2, 0) is 4.79 Å². The fourth-order valence-electron chi connectivity index (χ4n) is 3.29. The molecule has 0 atom stereocenters. The summed E-state index contributed by atoms with van der Waals surface area (Å²) < 4.78 is 18.2. The zero-order valence-electron chi connectivity index (χ0n) is 19.9. The third kappa shape index (κ3) is 5.64. The molecule has 4 rings (SSSR count). The zero-order chi connectivity index (χ0) is 24.8. The van der Waals surface area contributed by atoms with Crippen molar-refractivity contribution in [2.75, 3.05) is 19.5 Å². The predicted molar refractivity (Wildman–Crippen MR) is 132 cm³/mol. The molecule has 1 amide bonds. The number of ether oxygens (including phenoxy) is 3. The van der Waals surface area contributed by atoms with Gasteiger partial charge in [-0.2, -0.15) is 0 Å². The largest absolute Gasteiger partial charge is 0.493 e. The lowest BCUT2D eigenvalue weighted by Crippen LogP contribution is -2.07. The van der Waals surface area contributed by atoms with Crippen LogP contribution in [0.15, 0.2) is 67.3 Å². The molecule has 2 aromatic carbocycles. The van der Waals surface area contributed by atoms with Crippen LogP contribution < -0.4 is 19.5 Å². The van der Waals surface area contributed by atoms with Gasteiger partial charge in [-0.05, 0) is 61.9 Å². The number of anilines is 1. The summed E-state index contributed by atoms with van der Waals surface area (Å²) in [5.74, 6) is 2.60. The topological polar surface area (TPSA) is 100 Å². The maximum atomic E-state index is 12.3. The van der Waals surface area contributed by atoms with Gasteiger partial charge in [-0.25, -0.2) is 15.0 Å². The number of carbonyl (C=O) groups excluding carboxylic acids is 1. The summed E-state index contributed by atoms with van der Waals surface area (Å²) in [6, 6.07) is 14.2. The van der Waals surface area contributed by atoms with Crippen LogP contribution in [0.2, 0.25) is 0 Å². The number of benzene rings is 2. The van der Waals surface area contributed by atoms with Crippen molar-refractivity contribution in [2.24, 2.45) is 0 Å². The lowest BCUT2D eigenvalue weighted by Gasteiger charge is -2.09. The third-order valence-electron chi connectivity index (χ3n) is 5.31. The Kier molecular flexibility index (Phi) is 7.06. The molecule has 35 heavy (non-hydrogen) atoms. The molecule has 0 saturated carbocycles. The molecule has 9 heteroatoms. The second kappa shape index (κ2) is 10.5. The van der Waals surface area contributed by atoms with Crippen LogP contribution in [0.4, 0.5) is 5.69 Å². The van der Waals surface area contributed by atoms with Gasteiger partial charge in [0.05, 0.1) is 19.9 Å². The molecule has 2 aromatic heterocycles. The van der Waals surface area contributed by atoms with Gasteiger partial charge in [-0.3, -0.25) is 9.36 Å². The molecule has 0 fully saturated rings. The standard InChI is InChI=1S/C26H25N5O4/c1-17-18(2)31(16-29-17)24-14-26(28-15-27-24)35-21-9-7-20(8-10-21)30-25(32)12-6-19-5-11-22(33-3)23(13-19)34-4/h5-16H,1-4H3,(H,30,32)/b12-6+. The maximum absolute atomic E-state index is 12.3. The van der Waals surface area contributed by atoms with Gasteiger partial charge in [0, 0.05) is 23.5 Å². The van der Waals surface area contributed by atoms with Gasteiger partial charge in [0.1, 0.15) is 24.2 Å². The number of amides is 1. The number of aryl methyl sites for hydroxylation is 1. The minimum Gasteiger partial charge on any atom is -0.493 e. The number of hydrogen-bond acceptors (Lipinski definition) is 7. The lowest BCUT2D eigenvalue weighted by molar-refractivity contribution is -0.111. The monoisotopic (exact) mass is 471 g/mol. The summed E-state index contributed by atoms with van der Waals surface area (Å²) in [6.45, 7) is 3.91. The first-order chi connectivity index (χ1) is 17.0. The highest BCUT2D eigenvalue weighted by atomic mass is 16.5. The normalized spacial score (nSPS) is 10.9. The Balaban J connectivity index is 1.38. The molecule has 9 nitrogen and oxygen atoms in total. The van der Waals surface area contributed by atoms with E-state index in [0.717, 1.165) is 17.0 Å². The van der Waals surface area contributed by atoms with Gasteiger partial charge in [0.15, 0.2) is 11.5 Å². The van der Waals surface area contributed by atoms with Crippen molar-refractivity contribution in [3.8, 4) is 28.9 Å². The number of carbonyl (C=O) groups is 1. The van der Waals surface area contributed by atoms with Gasteiger partial charge in [0.25, 0.3) is 0 Å². The highest BCUT2D eigenvalue weighted by Crippen LogP contribution is 2.28. The van der Waals surface area contributed by atoms with E-state index in [0.29, 0.717) is 34.6 Å². The molecule has 0 spiro atoms. The fraction of sp³-hybridized carbons (Fsp3) is 0.154. The SMILES string of the molecule is COc1ccc(/C=C/C(=O)Nc2ccc(Oc3cc(-n4cnc(C)c4C)ncn3)cc2)cc1OC. The van der Waals surface area contributed by atoms with Gasteiger partial charge >= 0.3 is 0 Å². The van der Waals surface area contributed by atoms with E-state index >= 15 is 0 Å². The number of imidazole rings is 1. The Labute approximate surface area is 203 Å². The van der Waals surface area contributed by atoms with Crippen LogP contribution >= 0.6 is 0 Å². The van der Waals surface area contributed by atoms with Crippen LogP contribution in [0.3, 0.4) is 0 Å². The summed E-state index contributed by atoms with van der Waals surface area (Å²) in [5.41, 5.74) is 3.37. The van der Waals surface area contributed by atoms with E-state index in [1.807, 2.05) is 24.5 Å². The van der Waals surface area contributed by atoms with Crippen molar-refractivity contribution < 1.29 is 19.0 Å². The van der Waals surface area contributed by atoms with Gasteiger partial charge < -0.3 is 19.5 Å². The average Bonchev–Trinajstić information content (AvgIpc) is 3.21. The van der Waals surface area contributed by atoms with Gasteiger partial charge in [-0.15, -0.1) is 0 Å². The van der Waals surface area contributed by atoms with Crippen LogP contribution in [0, 0.1) is 13.8 Å². The van der Waals surface area contributed by atoms with Crippen molar-refractivity contribution >= 4 is 17.7 Å². The summed E-state index contributed by atoms with van der Waals surface area (Å²) in [7, 11) is 3.14. The van der Waals surface area contributed by atoms with E-state index in [-0.39, 0.29) is 5.91 Å². The minimum absolute atomic E-state index is 0.264. The van der Waals surface area contributed by atoms with Crippen LogP contribution in [0.1, 0.15) is 17.0 Å². The first kappa shape index (κ1) is 23.5. The molecule has 178 valence electrons. The highest BCUT2D eigenvalue weighted by molar-refractivity contribution is 6.02. The smallest absolute Gasteiger partial charge is 0.248 e. The van der Waals surface area contributed by atoms with Crippen molar-refractivity contribution in [3.63, 3.8) is 0 Å². The summed E-state index contributed by atoms with van der Waals surface area (Å²) in [6.07, 6.45) is 6.31. The van der Waals surface area contributed by atoms with Crippen molar-refractivity contribution in [1.29, 1.82) is 0 Å². The molecular weight excluding hydrogens is 446 g/mol. The number of aromatic nitrogens is 4. The molecule has 0 aliphatic carbocycles. The summed E-state index contributed by atoms with van der Waals surface area (Å²) in [4.78, 5) is 25.1. The highest BCUT2D eigenvalue weighted by Gasteiger charge is 2.09. The molecule has 0 radical (unpaired) electrons. The van der Waals surface area contributed by atoms with E-state index in [4.69, 9.17) is 14.2 Å². The number of methoxy groups -OCH3 is 2. The molecule has 2 heterocycles. The Bertz CT molecular complexity index is 1360. The van der Waals surface area contributed by atoms with Gasteiger partial charge in [-0.1, -0.05) is 6.07 Å². The molecule has 0 aliphatic heterocycles. The number of nitrogens with zero attached hydrogens (tertiary/aromatic N) is 4. The number of hydrogen-bond donors (Lipinski definition) is 1. The molecule has 4 aromatic rings. The number of rotatable bonds is 8. The lowest BCUT2D eigenvalue weighted by atomic mass is 10.2. The Morgan fingerprint density at radius 2 is 1.71 bits per heavy atom. The Hall–Kier alpha value is -4.66. The van der Waals surface area contributed by atoms with Crippen molar-refractivity contribution in [3.05, 3.63) is 84.2 Å². The quantitative estimate of drug-likeness (QED) is 0.371. The third-order valence-corrected chi connectivity index (χ3v) is 5.31. The van der Waals surface area contributed by atoms with Crippen LogP contribution in [0.5, 0.6) is 23.1 Å². The molecule has 0 unspecified atom stereocenters. The molecule has 0 saturated heterocycles. The Morgan fingerprint density at radius 1 is 0.943 bits per heavy atom. The van der Waals surface area contributed by atoms with E-state index in [1.54, 1.807) is 69.1 Å². The predicted octanol–water partition coefficient (Wildman–Crippen LogP) is 4.74. The Morgan fingerprint density at radius 3 is 2.40 bits per heavy atom. The maximum Gasteiger partial charge on any atom is 0.248 e. The van der Waals surface area contributed by atoms with Gasteiger partial charge in [0.2, 0.25) is 11.8 Å². The molecule has 0 bridgehead atoms. The van der Waals surface area contributed by atoms with Crippen molar-refractivity contribution in [1.82, 2.24) is 19.5 Å². The molecular formula is C26H25N5O4. The zero-order valence-corrected chi connectivity index (χ0v) is 19.9. The van der Waals surface area contributed by atoms with E-state index in [9.17, 15) is 4.79 Å².